The Morgan fingerprint density at radius 3 is 2.21 bits per heavy atom. The number of thioether (sulfide) groups is 1. The zero-order chi connectivity index (χ0) is 17.7. The Labute approximate surface area is 147 Å². The number of aryl methyl sites for hydroxylation is 3. The predicted octanol–water partition coefficient (Wildman–Crippen LogP) is 4.88. The van der Waals surface area contributed by atoms with Gasteiger partial charge in [0.05, 0.1) is 0 Å². The Bertz CT molecular complexity index is 807. The van der Waals surface area contributed by atoms with Crippen LogP contribution in [-0.2, 0) is 4.79 Å². The number of carbonyl (C=O) groups is 1. The number of nitrogens with one attached hydrogen (secondary N) is 1. The van der Waals surface area contributed by atoms with Gasteiger partial charge in [0.1, 0.15) is 11.6 Å². The smallest absolute Gasteiger partial charge is 0.266 e. The highest BCUT2D eigenvalue weighted by atomic mass is 32.2. The highest BCUT2D eigenvalue weighted by Crippen LogP contribution is 2.23. The quantitative estimate of drug-likeness (QED) is 0.492. The number of nitriles is 1. The third kappa shape index (κ3) is 4.27. The monoisotopic (exact) mass is 336 g/mol. The number of hydrogen-bond donors (Lipinski definition) is 1. The van der Waals surface area contributed by atoms with Gasteiger partial charge in [0.15, 0.2) is 0 Å². The predicted molar refractivity (Wildman–Crippen MR) is 101 cm³/mol. The van der Waals surface area contributed by atoms with Gasteiger partial charge < -0.3 is 5.32 Å². The largest absolute Gasteiger partial charge is 0.321 e. The Morgan fingerprint density at radius 2 is 1.71 bits per heavy atom. The summed E-state index contributed by atoms with van der Waals surface area (Å²) in [5.41, 5.74) is 4.81. The molecule has 1 amide bonds. The van der Waals surface area contributed by atoms with Crippen LogP contribution in [0.1, 0.15) is 22.3 Å². The van der Waals surface area contributed by atoms with E-state index in [1.54, 1.807) is 17.8 Å². The lowest BCUT2D eigenvalue weighted by molar-refractivity contribution is -0.112. The second-order valence-corrected chi connectivity index (χ2v) is 6.55. The third-order valence-electron chi connectivity index (χ3n) is 3.71. The molecule has 0 aliphatic rings. The Hall–Kier alpha value is -2.51. The number of benzene rings is 2. The molecule has 0 aliphatic heterocycles. The highest BCUT2D eigenvalue weighted by molar-refractivity contribution is 7.98. The molecule has 0 fully saturated rings. The summed E-state index contributed by atoms with van der Waals surface area (Å²) in [6.07, 6.45) is 3.61. The van der Waals surface area contributed by atoms with Gasteiger partial charge in [-0.3, -0.25) is 4.79 Å². The maximum absolute atomic E-state index is 12.5. The van der Waals surface area contributed by atoms with Crippen LogP contribution in [0.15, 0.2) is 46.9 Å². The first-order chi connectivity index (χ1) is 11.4. The molecule has 2 rings (SSSR count). The molecule has 2 aromatic rings. The van der Waals surface area contributed by atoms with Crippen LogP contribution < -0.4 is 5.32 Å². The van der Waals surface area contributed by atoms with E-state index >= 15 is 0 Å². The van der Waals surface area contributed by atoms with Crippen molar-refractivity contribution in [1.29, 1.82) is 5.26 Å². The van der Waals surface area contributed by atoms with E-state index < -0.39 is 0 Å². The van der Waals surface area contributed by atoms with E-state index in [-0.39, 0.29) is 11.5 Å². The van der Waals surface area contributed by atoms with Gasteiger partial charge in [-0.25, -0.2) is 0 Å². The molecule has 0 heterocycles. The van der Waals surface area contributed by atoms with E-state index in [1.807, 2.05) is 69.5 Å². The van der Waals surface area contributed by atoms with Gasteiger partial charge in [-0.05, 0) is 61.9 Å². The first-order valence-corrected chi connectivity index (χ1v) is 8.82. The van der Waals surface area contributed by atoms with Crippen LogP contribution >= 0.6 is 11.8 Å². The maximum atomic E-state index is 12.5. The molecule has 0 radical (unpaired) electrons. The zero-order valence-corrected chi connectivity index (χ0v) is 15.1. The first-order valence-electron chi connectivity index (χ1n) is 7.59. The normalized spacial score (nSPS) is 11.0. The fourth-order valence-corrected chi connectivity index (χ4v) is 2.98. The van der Waals surface area contributed by atoms with Crippen LogP contribution in [0.5, 0.6) is 0 Å². The average Bonchev–Trinajstić information content (AvgIpc) is 2.56. The Balaban J connectivity index is 2.26. The molecule has 24 heavy (non-hydrogen) atoms. The lowest BCUT2D eigenvalue weighted by Crippen LogP contribution is -2.15. The van der Waals surface area contributed by atoms with E-state index in [0.717, 1.165) is 32.8 Å². The number of hydrogen-bond acceptors (Lipinski definition) is 3. The van der Waals surface area contributed by atoms with Gasteiger partial charge in [0.2, 0.25) is 0 Å². The molecule has 0 bridgehead atoms. The molecular weight excluding hydrogens is 316 g/mol. The van der Waals surface area contributed by atoms with Gasteiger partial charge in [-0.2, -0.15) is 5.26 Å². The van der Waals surface area contributed by atoms with Crippen molar-refractivity contribution in [1.82, 2.24) is 0 Å². The van der Waals surface area contributed by atoms with Gasteiger partial charge in [-0.1, -0.05) is 29.8 Å². The maximum Gasteiger partial charge on any atom is 0.266 e. The van der Waals surface area contributed by atoms with Crippen LogP contribution in [0.4, 0.5) is 5.69 Å². The van der Waals surface area contributed by atoms with Crippen molar-refractivity contribution in [3.8, 4) is 6.07 Å². The summed E-state index contributed by atoms with van der Waals surface area (Å²) >= 11 is 1.65. The molecule has 0 spiro atoms. The molecule has 1 N–H and O–H groups in total. The van der Waals surface area contributed by atoms with Crippen molar-refractivity contribution < 1.29 is 4.79 Å². The third-order valence-corrected chi connectivity index (χ3v) is 4.45. The van der Waals surface area contributed by atoms with Gasteiger partial charge in [0, 0.05) is 10.6 Å². The minimum atomic E-state index is -0.388. The van der Waals surface area contributed by atoms with Crippen LogP contribution in [0, 0.1) is 32.1 Å². The molecule has 0 atom stereocenters. The van der Waals surface area contributed by atoms with Crippen LogP contribution in [0.3, 0.4) is 0 Å². The van der Waals surface area contributed by atoms with E-state index in [2.05, 4.69) is 5.32 Å². The topological polar surface area (TPSA) is 52.9 Å². The first kappa shape index (κ1) is 17.8. The van der Waals surface area contributed by atoms with Gasteiger partial charge >= 0.3 is 0 Å². The van der Waals surface area contributed by atoms with Crippen molar-refractivity contribution in [2.24, 2.45) is 0 Å². The molecule has 2 aromatic carbocycles. The number of amides is 1. The molecule has 0 aromatic heterocycles. The van der Waals surface area contributed by atoms with Crippen molar-refractivity contribution in [2.45, 2.75) is 25.7 Å². The number of carbonyl (C=O) groups excluding carboxylic acids is 1. The summed E-state index contributed by atoms with van der Waals surface area (Å²) in [6, 6.07) is 13.8. The van der Waals surface area contributed by atoms with E-state index in [1.165, 1.54) is 0 Å². The molecule has 122 valence electrons. The highest BCUT2D eigenvalue weighted by Gasteiger charge is 2.12. The number of nitrogens with zero attached hydrogens (tertiary/aromatic N) is 1. The summed E-state index contributed by atoms with van der Waals surface area (Å²) in [6.45, 7) is 5.92. The summed E-state index contributed by atoms with van der Waals surface area (Å²) in [5, 5.41) is 12.2. The van der Waals surface area contributed by atoms with Gasteiger partial charge in [-0.15, -0.1) is 11.8 Å². The molecule has 0 aliphatic carbocycles. The molecular formula is C20H20N2OS. The van der Waals surface area contributed by atoms with Crippen molar-refractivity contribution in [3.05, 3.63) is 64.2 Å². The minimum absolute atomic E-state index is 0.0891. The van der Waals surface area contributed by atoms with E-state index in [9.17, 15) is 10.1 Å². The summed E-state index contributed by atoms with van der Waals surface area (Å²) in [5.74, 6) is -0.388. The Kier molecular flexibility index (Phi) is 5.83. The van der Waals surface area contributed by atoms with Crippen molar-refractivity contribution in [2.75, 3.05) is 11.6 Å². The molecule has 3 nitrogen and oxygen atoms in total. The van der Waals surface area contributed by atoms with E-state index in [0.29, 0.717) is 0 Å². The second kappa shape index (κ2) is 7.85. The number of anilines is 1. The molecule has 0 unspecified atom stereocenters. The summed E-state index contributed by atoms with van der Waals surface area (Å²) in [7, 11) is 0. The average molecular weight is 336 g/mol. The molecule has 0 saturated carbocycles. The van der Waals surface area contributed by atoms with Crippen LogP contribution in [0.25, 0.3) is 6.08 Å². The van der Waals surface area contributed by atoms with Crippen LogP contribution in [0.2, 0.25) is 0 Å². The second-order valence-electron chi connectivity index (χ2n) is 5.67. The minimum Gasteiger partial charge on any atom is -0.321 e. The molecule has 4 heteroatoms. The van der Waals surface area contributed by atoms with Crippen LogP contribution in [-0.4, -0.2) is 12.2 Å². The summed E-state index contributed by atoms with van der Waals surface area (Å²) < 4.78 is 0. The fraction of sp³-hybridized carbons (Fsp3) is 0.200. The fourth-order valence-electron chi connectivity index (χ4n) is 2.57. The lowest BCUT2D eigenvalue weighted by atomic mass is 10.0. The lowest BCUT2D eigenvalue weighted by Gasteiger charge is -2.12. The summed E-state index contributed by atoms with van der Waals surface area (Å²) in [4.78, 5) is 13.6. The SMILES string of the molecule is CSc1ccc(C=C(C#N)C(=O)Nc2c(C)cc(C)cc2C)cc1. The zero-order valence-electron chi connectivity index (χ0n) is 14.3. The van der Waals surface area contributed by atoms with Crippen molar-refractivity contribution >= 4 is 29.4 Å². The van der Waals surface area contributed by atoms with E-state index in [4.69, 9.17) is 0 Å². The number of rotatable bonds is 4. The Morgan fingerprint density at radius 1 is 1.12 bits per heavy atom. The standard InChI is InChI=1S/C20H20N2OS/c1-13-9-14(2)19(15(3)10-13)22-20(23)17(12-21)11-16-5-7-18(24-4)8-6-16/h5-11H,1-4H3,(H,22,23). The van der Waals surface area contributed by atoms with Crippen molar-refractivity contribution in [3.63, 3.8) is 0 Å². The van der Waals surface area contributed by atoms with Gasteiger partial charge in [0.25, 0.3) is 5.91 Å². The molecule has 0 saturated heterocycles.